The van der Waals surface area contributed by atoms with Crippen LogP contribution in [0.1, 0.15) is 44.7 Å². The van der Waals surface area contributed by atoms with Crippen LogP contribution >= 0.6 is 0 Å². The summed E-state index contributed by atoms with van der Waals surface area (Å²) >= 11 is 0. The molecule has 0 atom stereocenters. The van der Waals surface area contributed by atoms with Crippen molar-refractivity contribution < 1.29 is 0 Å². The molecule has 1 heterocycles. The lowest BCUT2D eigenvalue weighted by Gasteiger charge is -2.36. The van der Waals surface area contributed by atoms with Crippen molar-refractivity contribution in [1.29, 1.82) is 0 Å². The summed E-state index contributed by atoms with van der Waals surface area (Å²) in [6.07, 6.45) is 1.14. The summed E-state index contributed by atoms with van der Waals surface area (Å²) in [4.78, 5) is 5.06. The Labute approximate surface area is 118 Å². The summed E-state index contributed by atoms with van der Waals surface area (Å²) in [5, 5.41) is 0. The van der Waals surface area contributed by atoms with Gasteiger partial charge in [-0.25, -0.2) is 0 Å². The van der Waals surface area contributed by atoms with Gasteiger partial charge in [-0.1, -0.05) is 33.8 Å². The van der Waals surface area contributed by atoms with E-state index in [-0.39, 0.29) is 0 Å². The Morgan fingerprint density at radius 1 is 1.05 bits per heavy atom. The molecule has 0 aromatic heterocycles. The summed E-state index contributed by atoms with van der Waals surface area (Å²) in [7, 11) is 0. The third-order valence-corrected chi connectivity index (χ3v) is 4.31. The molecule has 1 aliphatic heterocycles. The first-order valence-electron chi connectivity index (χ1n) is 7.75. The molecular formula is C17H28N2. The van der Waals surface area contributed by atoms with Gasteiger partial charge in [0.1, 0.15) is 0 Å². The van der Waals surface area contributed by atoms with Crippen molar-refractivity contribution in [3.8, 4) is 0 Å². The van der Waals surface area contributed by atoms with Crippen molar-refractivity contribution in [2.45, 2.75) is 40.0 Å². The Morgan fingerprint density at radius 3 is 2.26 bits per heavy atom. The van der Waals surface area contributed by atoms with Crippen LogP contribution in [0.5, 0.6) is 0 Å². The van der Waals surface area contributed by atoms with E-state index in [0.29, 0.717) is 5.92 Å². The average Bonchev–Trinajstić information content (AvgIpc) is 2.46. The van der Waals surface area contributed by atoms with Crippen LogP contribution in [-0.2, 0) is 6.42 Å². The fourth-order valence-corrected chi connectivity index (χ4v) is 2.98. The first-order valence-corrected chi connectivity index (χ1v) is 7.75. The molecule has 0 bridgehead atoms. The maximum absolute atomic E-state index is 2.54. The zero-order chi connectivity index (χ0) is 13.8. The van der Waals surface area contributed by atoms with Crippen molar-refractivity contribution in [3.05, 3.63) is 29.3 Å². The largest absolute Gasteiger partial charge is 0.369 e. The van der Waals surface area contributed by atoms with Crippen molar-refractivity contribution in [1.82, 2.24) is 4.90 Å². The van der Waals surface area contributed by atoms with Crippen LogP contribution in [0.3, 0.4) is 0 Å². The molecule has 1 fully saturated rings. The lowest BCUT2D eigenvalue weighted by Crippen LogP contribution is -2.46. The van der Waals surface area contributed by atoms with Gasteiger partial charge in [-0.2, -0.15) is 0 Å². The molecular weight excluding hydrogens is 232 g/mol. The van der Waals surface area contributed by atoms with Crippen LogP contribution < -0.4 is 4.90 Å². The van der Waals surface area contributed by atoms with Gasteiger partial charge in [0.05, 0.1) is 0 Å². The molecule has 2 rings (SSSR count). The number of likely N-dealkylation sites (N-methyl/N-ethyl adjacent to an activating group) is 1. The number of aryl methyl sites for hydroxylation is 1. The standard InChI is InChI=1S/C17H28N2/c1-5-15-13-16(7-8-17(15)14(3)4)19-11-9-18(6-2)10-12-19/h7-8,13-14H,5-6,9-12H2,1-4H3. The van der Waals surface area contributed by atoms with E-state index in [1.807, 2.05) is 0 Å². The van der Waals surface area contributed by atoms with Gasteiger partial charge >= 0.3 is 0 Å². The van der Waals surface area contributed by atoms with Crippen LogP contribution in [0.25, 0.3) is 0 Å². The van der Waals surface area contributed by atoms with E-state index in [0.717, 1.165) is 19.5 Å². The summed E-state index contributed by atoms with van der Waals surface area (Å²) in [5.41, 5.74) is 4.45. The Hall–Kier alpha value is -1.02. The number of anilines is 1. The van der Waals surface area contributed by atoms with Crippen LogP contribution in [0.2, 0.25) is 0 Å². The van der Waals surface area contributed by atoms with E-state index in [1.165, 1.54) is 36.4 Å². The molecule has 1 saturated heterocycles. The van der Waals surface area contributed by atoms with Crippen molar-refractivity contribution in [3.63, 3.8) is 0 Å². The predicted octanol–water partition coefficient (Wildman–Crippen LogP) is 3.51. The van der Waals surface area contributed by atoms with E-state index in [4.69, 9.17) is 0 Å². The highest BCUT2D eigenvalue weighted by molar-refractivity contribution is 5.52. The zero-order valence-corrected chi connectivity index (χ0v) is 12.9. The van der Waals surface area contributed by atoms with Crippen LogP contribution in [0, 0.1) is 0 Å². The Balaban J connectivity index is 2.13. The Kier molecular flexibility index (Phi) is 4.87. The van der Waals surface area contributed by atoms with Gasteiger partial charge in [-0.3, -0.25) is 0 Å². The number of piperazine rings is 1. The molecule has 0 N–H and O–H groups in total. The summed E-state index contributed by atoms with van der Waals surface area (Å²) in [5.74, 6) is 0.626. The monoisotopic (exact) mass is 260 g/mol. The van der Waals surface area contributed by atoms with Gasteiger partial charge in [0.25, 0.3) is 0 Å². The first-order chi connectivity index (χ1) is 9.15. The smallest absolute Gasteiger partial charge is 0.0370 e. The molecule has 2 heteroatoms. The predicted molar refractivity (Wildman–Crippen MR) is 84.2 cm³/mol. The normalized spacial score (nSPS) is 17.2. The SMILES string of the molecule is CCc1cc(N2CCN(CC)CC2)ccc1C(C)C. The molecule has 0 unspecified atom stereocenters. The first kappa shape index (κ1) is 14.4. The molecule has 0 saturated carbocycles. The minimum atomic E-state index is 0.626. The second-order valence-electron chi connectivity index (χ2n) is 5.81. The van der Waals surface area contributed by atoms with Crippen LogP contribution in [-0.4, -0.2) is 37.6 Å². The number of rotatable bonds is 4. The molecule has 0 spiro atoms. The van der Waals surface area contributed by atoms with Crippen molar-refractivity contribution >= 4 is 5.69 Å². The molecule has 1 aliphatic rings. The molecule has 1 aromatic rings. The van der Waals surface area contributed by atoms with Crippen LogP contribution in [0.15, 0.2) is 18.2 Å². The van der Waals surface area contributed by atoms with Crippen molar-refractivity contribution in [2.75, 3.05) is 37.6 Å². The summed E-state index contributed by atoms with van der Waals surface area (Å²) in [6.45, 7) is 15.0. The number of nitrogens with zero attached hydrogens (tertiary/aromatic N) is 2. The molecule has 19 heavy (non-hydrogen) atoms. The quantitative estimate of drug-likeness (QED) is 0.817. The van der Waals surface area contributed by atoms with Crippen molar-refractivity contribution in [2.24, 2.45) is 0 Å². The van der Waals surface area contributed by atoms with Gasteiger partial charge in [0.2, 0.25) is 0 Å². The van der Waals surface area contributed by atoms with E-state index < -0.39 is 0 Å². The van der Waals surface area contributed by atoms with Gasteiger partial charge in [-0.05, 0) is 42.1 Å². The molecule has 2 nitrogen and oxygen atoms in total. The summed E-state index contributed by atoms with van der Waals surface area (Å²) < 4.78 is 0. The maximum atomic E-state index is 2.54. The molecule has 0 radical (unpaired) electrons. The third-order valence-electron chi connectivity index (χ3n) is 4.31. The molecule has 1 aromatic carbocycles. The average molecular weight is 260 g/mol. The van der Waals surface area contributed by atoms with Crippen LogP contribution in [0.4, 0.5) is 5.69 Å². The molecule has 106 valence electrons. The number of benzene rings is 1. The minimum absolute atomic E-state index is 0.626. The highest BCUT2D eigenvalue weighted by Gasteiger charge is 2.16. The fraction of sp³-hybridized carbons (Fsp3) is 0.647. The number of hydrogen-bond acceptors (Lipinski definition) is 2. The van der Waals surface area contributed by atoms with Gasteiger partial charge < -0.3 is 9.80 Å². The van der Waals surface area contributed by atoms with Gasteiger partial charge in [0.15, 0.2) is 0 Å². The molecule has 0 aliphatic carbocycles. The fourth-order valence-electron chi connectivity index (χ4n) is 2.98. The highest BCUT2D eigenvalue weighted by Crippen LogP contribution is 2.26. The second-order valence-corrected chi connectivity index (χ2v) is 5.81. The Morgan fingerprint density at radius 2 is 1.74 bits per heavy atom. The molecule has 0 amide bonds. The topological polar surface area (TPSA) is 6.48 Å². The lowest BCUT2D eigenvalue weighted by atomic mass is 9.95. The van der Waals surface area contributed by atoms with E-state index in [2.05, 4.69) is 55.7 Å². The lowest BCUT2D eigenvalue weighted by molar-refractivity contribution is 0.271. The number of hydrogen-bond donors (Lipinski definition) is 0. The van der Waals surface area contributed by atoms with E-state index in [9.17, 15) is 0 Å². The Bertz CT molecular complexity index is 404. The van der Waals surface area contributed by atoms with Gasteiger partial charge in [-0.15, -0.1) is 0 Å². The maximum Gasteiger partial charge on any atom is 0.0370 e. The second kappa shape index (κ2) is 6.42. The minimum Gasteiger partial charge on any atom is -0.369 e. The van der Waals surface area contributed by atoms with E-state index in [1.54, 1.807) is 0 Å². The zero-order valence-electron chi connectivity index (χ0n) is 12.9. The van der Waals surface area contributed by atoms with E-state index >= 15 is 0 Å². The summed E-state index contributed by atoms with van der Waals surface area (Å²) in [6, 6.07) is 7.07. The highest BCUT2D eigenvalue weighted by atomic mass is 15.3. The third kappa shape index (κ3) is 3.30. The van der Waals surface area contributed by atoms with Gasteiger partial charge in [0, 0.05) is 31.9 Å².